The lowest BCUT2D eigenvalue weighted by molar-refractivity contribution is -0.614. The summed E-state index contributed by atoms with van der Waals surface area (Å²) in [6.07, 6.45) is 1.25. The van der Waals surface area contributed by atoms with E-state index in [2.05, 4.69) is 4.72 Å². The van der Waals surface area contributed by atoms with Crippen LogP contribution in [0, 0.1) is 5.21 Å². The minimum atomic E-state index is -4.06. The lowest BCUT2D eigenvalue weighted by atomic mass is 9.87. The molecule has 0 radical (unpaired) electrons. The van der Waals surface area contributed by atoms with Crippen LogP contribution in [0.15, 0.2) is 65.7 Å². The molecule has 0 bridgehead atoms. The number of anilines is 1. The highest BCUT2D eigenvalue weighted by molar-refractivity contribution is 7.92. The van der Waals surface area contributed by atoms with Crippen molar-refractivity contribution in [3.63, 3.8) is 0 Å². The molecule has 3 aromatic rings. The van der Waals surface area contributed by atoms with Crippen LogP contribution in [0.25, 0.3) is 0 Å². The third-order valence-corrected chi connectivity index (χ3v) is 7.27. The summed E-state index contributed by atoms with van der Waals surface area (Å²) in [6, 6.07) is 13.8. The molecule has 10 heteroatoms. The molecule has 176 valence electrons. The zero-order valence-corrected chi connectivity index (χ0v) is 20.3. The standard InChI is InChI=1S/C24H22ClN3O5S/c1-24(2,3)15-7-9-17(10-8-15)34(32,33)26-19-12-11-18(25)20-21(19)23(30)27(22(20)29)14-16-6-4-5-13-28(16)31/h4-13,26H,14H2,1-3H3. The van der Waals surface area contributed by atoms with Gasteiger partial charge in [-0.25, -0.2) is 8.42 Å². The van der Waals surface area contributed by atoms with E-state index in [9.17, 15) is 23.2 Å². The molecule has 2 heterocycles. The third kappa shape index (κ3) is 4.24. The molecule has 0 unspecified atom stereocenters. The van der Waals surface area contributed by atoms with Gasteiger partial charge < -0.3 is 5.21 Å². The van der Waals surface area contributed by atoms with Crippen molar-refractivity contribution in [3.8, 4) is 0 Å². The number of sulfonamides is 1. The Morgan fingerprint density at radius 1 is 0.971 bits per heavy atom. The van der Waals surface area contributed by atoms with Crippen LogP contribution in [0.4, 0.5) is 5.69 Å². The number of nitrogens with zero attached hydrogens (tertiary/aromatic N) is 2. The first-order valence-electron chi connectivity index (χ1n) is 10.4. The molecule has 0 saturated heterocycles. The van der Waals surface area contributed by atoms with Gasteiger partial charge in [0.2, 0.25) is 5.69 Å². The molecule has 1 N–H and O–H groups in total. The largest absolute Gasteiger partial charge is 0.618 e. The van der Waals surface area contributed by atoms with Crippen LogP contribution in [0.2, 0.25) is 5.02 Å². The van der Waals surface area contributed by atoms with E-state index >= 15 is 0 Å². The average molecular weight is 500 g/mol. The summed E-state index contributed by atoms with van der Waals surface area (Å²) in [5.74, 6) is -1.45. The molecule has 1 aliphatic heterocycles. The summed E-state index contributed by atoms with van der Waals surface area (Å²) in [5.41, 5.74) is 0.664. The smallest absolute Gasteiger partial charge is 0.264 e. The molecule has 8 nitrogen and oxygen atoms in total. The number of carbonyl (C=O) groups excluding carboxylic acids is 2. The van der Waals surface area contributed by atoms with E-state index in [1.165, 1.54) is 42.6 Å². The van der Waals surface area contributed by atoms with E-state index in [-0.39, 0.29) is 44.4 Å². The normalized spacial score (nSPS) is 13.8. The van der Waals surface area contributed by atoms with Gasteiger partial charge in [0.1, 0.15) is 6.54 Å². The highest BCUT2D eigenvalue weighted by atomic mass is 35.5. The van der Waals surface area contributed by atoms with Crippen molar-refractivity contribution in [2.24, 2.45) is 0 Å². The molecule has 2 amide bonds. The average Bonchev–Trinajstić information content (AvgIpc) is 3.02. The maximum Gasteiger partial charge on any atom is 0.264 e. The zero-order valence-electron chi connectivity index (χ0n) is 18.7. The maximum absolute atomic E-state index is 13.2. The van der Waals surface area contributed by atoms with E-state index in [1.807, 2.05) is 20.8 Å². The highest BCUT2D eigenvalue weighted by Gasteiger charge is 2.41. The molecule has 34 heavy (non-hydrogen) atoms. The lowest BCUT2D eigenvalue weighted by Crippen LogP contribution is -2.38. The second-order valence-corrected chi connectivity index (χ2v) is 11.0. The van der Waals surface area contributed by atoms with Gasteiger partial charge in [0, 0.05) is 12.1 Å². The second kappa shape index (κ2) is 8.41. The summed E-state index contributed by atoms with van der Waals surface area (Å²) >= 11 is 6.21. The molecule has 0 saturated carbocycles. The van der Waals surface area contributed by atoms with Crippen molar-refractivity contribution >= 4 is 39.1 Å². The van der Waals surface area contributed by atoms with E-state index in [1.54, 1.807) is 18.2 Å². The van der Waals surface area contributed by atoms with Gasteiger partial charge in [-0.2, -0.15) is 4.73 Å². The zero-order chi connectivity index (χ0) is 24.8. The molecule has 0 fully saturated rings. The number of amides is 2. The predicted octanol–water partition coefficient (Wildman–Crippen LogP) is 3.87. The first-order chi connectivity index (χ1) is 15.9. The van der Waals surface area contributed by atoms with Gasteiger partial charge in [-0.1, -0.05) is 44.5 Å². The minimum Gasteiger partial charge on any atom is -0.618 e. The molecular formula is C24H22ClN3O5S. The van der Waals surface area contributed by atoms with Crippen LogP contribution < -0.4 is 9.45 Å². The van der Waals surface area contributed by atoms with Crippen LogP contribution in [-0.4, -0.2) is 25.1 Å². The number of hydrogen-bond donors (Lipinski definition) is 1. The van der Waals surface area contributed by atoms with Crippen LogP contribution in [0.5, 0.6) is 0 Å². The van der Waals surface area contributed by atoms with E-state index in [0.717, 1.165) is 10.5 Å². The van der Waals surface area contributed by atoms with Crippen molar-refractivity contribution in [1.82, 2.24) is 4.90 Å². The molecule has 4 rings (SSSR count). The predicted molar refractivity (Wildman–Crippen MR) is 127 cm³/mol. The number of imide groups is 1. The van der Waals surface area contributed by atoms with E-state index in [4.69, 9.17) is 11.6 Å². The van der Waals surface area contributed by atoms with E-state index < -0.39 is 21.8 Å². The number of halogens is 1. The monoisotopic (exact) mass is 499 g/mol. The fourth-order valence-electron chi connectivity index (χ4n) is 3.69. The Morgan fingerprint density at radius 2 is 1.62 bits per heavy atom. The summed E-state index contributed by atoms with van der Waals surface area (Å²) in [5, 5.41) is 12.0. The highest BCUT2D eigenvalue weighted by Crippen LogP contribution is 2.36. The molecule has 1 aliphatic rings. The van der Waals surface area contributed by atoms with Gasteiger partial charge in [0.25, 0.3) is 21.8 Å². The van der Waals surface area contributed by atoms with E-state index in [0.29, 0.717) is 4.73 Å². The second-order valence-electron chi connectivity index (χ2n) is 8.94. The van der Waals surface area contributed by atoms with Gasteiger partial charge in [-0.05, 0) is 41.3 Å². The van der Waals surface area contributed by atoms with Crippen molar-refractivity contribution in [3.05, 3.63) is 93.4 Å². The molecular weight excluding hydrogens is 478 g/mol. The molecule has 1 aromatic heterocycles. The minimum absolute atomic E-state index is 0.00881. The topological polar surface area (TPSA) is 110 Å². The Bertz CT molecular complexity index is 1410. The Morgan fingerprint density at radius 3 is 2.24 bits per heavy atom. The molecule has 0 spiro atoms. The number of pyridine rings is 1. The van der Waals surface area contributed by atoms with Gasteiger partial charge in [-0.3, -0.25) is 19.2 Å². The first-order valence-corrected chi connectivity index (χ1v) is 12.3. The van der Waals surface area contributed by atoms with Crippen molar-refractivity contribution < 1.29 is 22.7 Å². The lowest BCUT2D eigenvalue weighted by Gasteiger charge is -2.19. The maximum atomic E-state index is 13.2. The Balaban J connectivity index is 1.69. The Labute approximate surface area is 202 Å². The molecule has 0 aliphatic carbocycles. The number of benzene rings is 2. The van der Waals surface area contributed by atoms with Crippen LogP contribution >= 0.6 is 11.6 Å². The van der Waals surface area contributed by atoms with Gasteiger partial charge in [0.05, 0.1) is 26.7 Å². The van der Waals surface area contributed by atoms with Crippen molar-refractivity contribution in [2.45, 2.75) is 37.6 Å². The van der Waals surface area contributed by atoms with Crippen LogP contribution in [0.3, 0.4) is 0 Å². The van der Waals surface area contributed by atoms with Crippen molar-refractivity contribution in [1.29, 1.82) is 0 Å². The summed E-state index contributed by atoms with van der Waals surface area (Å²) in [6.45, 7) is 5.77. The number of aromatic nitrogens is 1. The van der Waals surface area contributed by atoms with Crippen LogP contribution in [0.1, 0.15) is 52.7 Å². The van der Waals surface area contributed by atoms with Gasteiger partial charge in [-0.15, -0.1) is 0 Å². The summed E-state index contributed by atoms with van der Waals surface area (Å²) in [4.78, 5) is 27.0. The SMILES string of the molecule is CC(C)(C)c1ccc(S(=O)(=O)Nc2ccc(Cl)c3c2C(=O)N(Cc2cccc[n+]2[O-])C3=O)cc1. The van der Waals surface area contributed by atoms with Gasteiger partial charge in [0.15, 0.2) is 6.20 Å². The number of fused-ring (bicyclic) bond motifs is 1. The summed E-state index contributed by atoms with van der Waals surface area (Å²) in [7, 11) is -4.06. The number of rotatable bonds is 5. The fraction of sp³-hybridized carbons (Fsp3) is 0.208. The first kappa shape index (κ1) is 23.7. The molecule has 2 aromatic carbocycles. The fourth-order valence-corrected chi connectivity index (χ4v) is 5.00. The number of hydrogen-bond acceptors (Lipinski definition) is 5. The summed E-state index contributed by atoms with van der Waals surface area (Å²) < 4.78 is 29.1. The number of carbonyl (C=O) groups is 2. The molecule has 0 atom stereocenters. The van der Waals surface area contributed by atoms with Gasteiger partial charge >= 0.3 is 0 Å². The Hall–Kier alpha value is -3.43. The van der Waals surface area contributed by atoms with Crippen LogP contribution in [-0.2, 0) is 22.0 Å². The third-order valence-electron chi connectivity index (χ3n) is 5.57. The van der Waals surface area contributed by atoms with Crippen molar-refractivity contribution in [2.75, 3.05) is 4.72 Å². The Kier molecular flexibility index (Phi) is 5.87. The number of nitrogens with one attached hydrogen (secondary N) is 1. The quantitative estimate of drug-likeness (QED) is 0.325.